The molecule has 0 aliphatic carbocycles. The van der Waals surface area contributed by atoms with Gasteiger partial charge >= 0.3 is 0 Å². The van der Waals surface area contributed by atoms with Crippen molar-refractivity contribution in [2.24, 2.45) is 0 Å². The zero-order chi connectivity index (χ0) is 22.8. The van der Waals surface area contributed by atoms with Gasteiger partial charge in [-0.25, -0.2) is 0 Å². The molecule has 0 saturated heterocycles. The Morgan fingerprint density at radius 1 is 0.906 bits per heavy atom. The lowest BCUT2D eigenvalue weighted by molar-refractivity contribution is -0.141. The van der Waals surface area contributed by atoms with Crippen LogP contribution in [0.4, 0.5) is 0 Å². The van der Waals surface area contributed by atoms with E-state index in [1.54, 1.807) is 34.7 Å². The number of rotatable bonds is 12. The van der Waals surface area contributed by atoms with E-state index in [1.807, 2.05) is 52.7 Å². The fourth-order valence-electron chi connectivity index (χ4n) is 3.40. The standard InChI is InChI=1S/C25H30N2O3S2/c1-20-11-15-32-23(20)18-27(17-21-8-4-3-5-9-21)25(29)19-26(12-7-13-30-2)24(28)16-22-10-6-14-31-22/h3-6,8-11,14-15H,7,12-13,16-19H2,1-2H3. The molecule has 0 fully saturated rings. The first-order chi connectivity index (χ1) is 15.6. The maximum atomic E-state index is 13.4. The second-order valence-electron chi connectivity index (χ2n) is 7.68. The topological polar surface area (TPSA) is 49.9 Å². The smallest absolute Gasteiger partial charge is 0.242 e. The van der Waals surface area contributed by atoms with E-state index < -0.39 is 0 Å². The molecule has 3 aromatic rings. The number of thiophene rings is 2. The van der Waals surface area contributed by atoms with E-state index in [9.17, 15) is 9.59 Å². The molecule has 0 N–H and O–H groups in total. The summed E-state index contributed by atoms with van der Waals surface area (Å²) in [5, 5.41) is 4.02. The summed E-state index contributed by atoms with van der Waals surface area (Å²) >= 11 is 3.22. The molecule has 32 heavy (non-hydrogen) atoms. The Balaban J connectivity index is 1.74. The van der Waals surface area contributed by atoms with Crippen LogP contribution >= 0.6 is 22.7 Å². The molecule has 0 saturated carbocycles. The molecule has 0 aliphatic heterocycles. The Morgan fingerprint density at radius 2 is 1.72 bits per heavy atom. The van der Waals surface area contributed by atoms with Gasteiger partial charge in [-0.1, -0.05) is 36.4 Å². The zero-order valence-electron chi connectivity index (χ0n) is 18.7. The number of carbonyl (C=O) groups excluding carboxylic acids is 2. The number of hydrogen-bond donors (Lipinski definition) is 0. The molecule has 2 aromatic heterocycles. The highest BCUT2D eigenvalue weighted by Gasteiger charge is 2.23. The third kappa shape index (κ3) is 7.29. The average Bonchev–Trinajstić information content (AvgIpc) is 3.45. The summed E-state index contributed by atoms with van der Waals surface area (Å²) in [4.78, 5) is 32.2. The number of methoxy groups -OCH3 is 1. The minimum atomic E-state index is -0.0430. The molecule has 170 valence electrons. The van der Waals surface area contributed by atoms with Gasteiger partial charge in [-0.3, -0.25) is 9.59 Å². The van der Waals surface area contributed by atoms with Gasteiger partial charge in [-0.15, -0.1) is 22.7 Å². The van der Waals surface area contributed by atoms with Crippen LogP contribution < -0.4 is 0 Å². The fourth-order valence-corrected chi connectivity index (χ4v) is 5.02. The number of nitrogens with zero attached hydrogens (tertiary/aromatic N) is 2. The van der Waals surface area contributed by atoms with Crippen LogP contribution in [0, 0.1) is 6.92 Å². The first-order valence-corrected chi connectivity index (χ1v) is 12.5. The molecule has 0 aliphatic rings. The van der Waals surface area contributed by atoms with Crippen molar-refractivity contribution in [3.63, 3.8) is 0 Å². The van der Waals surface area contributed by atoms with Gasteiger partial charge in [0.2, 0.25) is 11.8 Å². The minimum Gasteiger partial charge on any atom is -0.385 e. The molecule has 7 heteroatoms. The van der Waals surface area contributed by atoms with E-state index in [4.69, 9.17) is 4.74 Å². The summed E-state index contributed by atoms with van der Waals surface area (Å²) in [6.45, 7) is 4.26. The quantitative estimate of drug-likeness (QED) is 0.359. The van der Waals surface area contributed by atoms with Gasteiger partial charge in [0.25, 0.3) is 0 Å². The summed E-state index contributed by atoms with van der Waals surface area (Å²) in [6, 6.07) is 16.0. The van der Waals surface area contributed by atoms with Crippen molar-refractivity contribution in [2.75, 3.05) is 26.8 Å². The number of carbonyl (C=O) groups is 2. The van der Waals surface area contributed by atoms with Crippen LogP contribution in [0.1, 0.15) is 27.3 Å². The van der Waals surface area contributed by atoms with Crippen LogP contribution in [-0.4, -0.2) is 48.4 Å². The van der Waals surface area contributed by atoms with Crippen molar-refractivity contribution in [1.82, 2.24) is 9.80 Å². The third-order valence-electron chi connectivity index (χ3n) is 5.23. The van der Waals surface area contributed by atoms with Gasteiger partial charge in [-0.05, 0) is 47.4 Å². The highest BCUT2D eigenvalue weighted by Crippen LogP contribution is 2.20. The minimum absolute atomic E-state index is 0.0242. The molecule has 1 aromatic carbocycles. The van der Waals surface area contributed by atoms with Crippen molar-refractivity contribution in [2.45, 2.75) is 32.9 Å². The first-order valence-electron chi connectivity index (χ1n) is 10.7. The summed E-state index contributed by atoms with van der Waals surface area (Å²) in [6.07, 6.45) is 1.02. The van der Waals surface area contributed by atoms with Crippen LogP contribution in [0.2, 0.25) is 0 Å². The molecule has 0 spiro atoms. The zero-order valence-corrected chi connectivity index (χ0v) is 20.3. The van der Waals surface area contributed by atoms with E-state index in [0.717, 1.165) is 10.4 Å². The highest BCUT2D eigenvalue weighted by atomic mass is 32.1. The maximum absolute atomic E-state index is 13.4. The molecule has 0 atom stereocenters. The SMILES string of the molecule is COCCCN(CC(=O)N(Cc1ccccc1)Cc1sccc1C)C(=O)Cc1cccs1. The fraction of sp³-hybridized carbons (Fsp3) is 0.360. The van der Waals surface area contributed by atoms with Crippen molar-refractivity contribution >= 4 is 34.5 Å². The molecule has 0 unspecified atom stereocenters. The molecule has 0 bridgehead atoms. The third-order valence-corrected chi connectivity index (χ3v) is 7.12. The average molecular weight is 471 g/mol. The number of benzene rings is 1. The van der Waals surface area contributed by atoms with Crippen molar-refractivity contribution in [3.05, 3.63) is 80.2 Å². The Kier molecular flexibility index (Phi) is 9.46. The Morgan fingerprint density at radius 3 is 2.38 bits per heavy atom. The van der Waals surface area contributed by atoms with E-state index >= 15 is 0 Å². The summed E-state index contributed by atoms with van der Waals surface area (Å²) in [5.41, 5.74) is 2.26. The van der Waals surface area contributed by atoms with Crippen molar-refractivity contribution in [3.8, 4) is 0 Å². The molecular weight excluding hydrogens is 440 g/mol. The van der Waals surface area contributed by atoms with Gasteiger partial charge in [-0.2, -0.15) is 0 Å². The van der Waals surface area contributed by atoms with Gasteiger partial charge < -0.3 is 14.5 Å². The summed E-state index contributed by atoms with van der Waals surface area (Å²) in [7, 11) is 1.65. The molecular formula is C25H30N2O3S2. The van der Waals surface area contributed by atoms with Crippen molar-refractivity contribution < 1.29 is 14.3 Å². The maximum Gasteiger partial charge on any atom is 0.242 e. The largest absolute Gasteiger partial charge is 0.385 e. The van der Waals surface area contributed by atoms with Crippen LogP contribution in [0.25, 0.3) is 0 Å². The summed E-state index contributed by atoms with van der Waals surface area (Å²) in [5.74, 6) is -0.0672. The van der Waals surface area contributed by atoms with E-state index in [-0.39, 0.29) is 18.4 Å². The Hall–Kier alpha value is -2.48. The van der Waals surface area contributed by atoms with Gasteiger partial charge in [0.05, 0.1) is 19.5 Å². The molecule has 2 amide bonds. The second-order valence-corrected chi connectivity index (χ2v) is 9.71. The Labute approximate surface area is 198 Å². The van der Waals surface area contributed by atoms with Crippen LogP contribution in [0.3, 0.4) is 0 Å². The van der Waals surface area contributed by atoms with E-state index in [2.05, 4.69) is 18.4 Å². The lowest BCUT2D eigenvalue weighted by atomic mass is 10.2. The number of amides is 2. The Bertz CT molecular complexity index is 970. The second kappa shape index (κ2) is 12.5. The van der Waals surface area contributed by atoms with E-state index in [0.29, 0.717) is 39.1 Å². The monoisotopic (exact) mass is 470 g/mol. The van der Waals surface area contributed by atoms with E-state index in [1.165, 1.54) is 10.4 Å². The highest BCUT2D eigenvalue weighted by molar-refractivity contribution is 7.10. The lowest BCUT2D eigenvalue weighted by Gasteiger charge is -2.28. The normalized spacial score (nSPS) is 10.8. The number of hydrogen-bond acceptors (Lipinski definition) is 5. The van der Waals surface area contributed by atoms with Gasteiger partial charge in [0.1, 0.15) is 0 Å². The van der Waals surface area contributed by atoms with Gasteiger partial charge in [0, 0.05) is 36.6 Å². The van der Waals surface area contributed by atoms with Crippen LogP contribution in [0.5, 0.6) is 0 Å². The molecule has 0 radical (unpaired) electrons. The predicted octanol–water partition coefficient (Wildman–Crippen LogP) is 4.75. The molecule has 2 heterocycles. The van der Waals surface area contributed by atoms with Crippen LogP contribution in [-0.2, 0) is 33.8 Å². The lowest BCUT2D eigenvalue weighted by Crippen LogP contribution is -2.43. The van der Waals surface area contributed by atoms with Gasteiger partial charge in [0.15, 0.2) is 0 Å². The van der Waals surface area contributed by atoms with Crippen LogP contribution in [0.15, 0.2) is 59.3 Å². The summed E-state index contributed by atoms with van der Waals surface area (Å²) < 4.78 is 5.16. The predicted molar refractivity (Wildman–Crippen MR) is 131 cm³/mol. The molecule has 5 nitrogen and oxygen atoms in total. The molecule has 3 rings (SSSR count). The first kappa shape index (κ1) is 24.2. The van der Waals surface area contributed by atoms with Crippen molar-refractivity contribution in [1.29, 1.82) is 0 Å². The number of aryl methyl sites for hydroxylation is 1. The number of ether oxygens (including phenoxy) is 1.